The van der Waals surface area contributed by atoms with Gasteiger partial charge < -0.3 is 138 Å². The van der Waals surface area contributed by atoms with Gasteiger partial charge in [0, 0.05) is 171 Å². The Kier molecular flexibility index (Phi) is 44.7. The van der Waals surface area contributed by atoms with Crippen LogP contribution in [-0.4, -0.2) is 369 Å². The number of nitrogens with zero attached hydrogens (tertiary/aromatic N) is 3. The Balaban J connectivity index is 0.00000501. The minimum absolute atomic E-state index is 0.00294. The van der Waals surface area contributed by atoms with Crippen LogP contribution in [0.4, 0.5) is 10.5 Å². The number of H-pyrrole nitrogens is 1. The first-order valence-electron chi connectivity index (χ1n) is 46.1. The number of amides is 7. The largest absolute Gasteiger partial charge is 0.496 e. The van der Waals surface area contributed by atoms with Crippen molar-refractivity contribution in [3.05, 3.63) is 70.9 Å². The third kappa shape index (κ3) is 28.6. The molecule has 44 nitrogen and oxygen atoms in total. The molecule has 2 saturated heterocycles. The van der Waals surface area contributed by atoms with Gasteiger partial charge in [-0.05, 0) is 126 Å². The van der Waals surface area contributed by atoms with Gasteiger partial charge in [0.05, 0.1) is 50.2 Å². The number of nitrogens with one attached hydrogen (secondary N) is 8. The molecule has 6 aliphatic rings. The van der Waals surface area contributed by atoms with E-state index >= 15 is 4.79 Å². The lowest BCUT2D eigenvalue weighted by molar-refractivity contribution is -0.204. The number of aliphatic carboxylic acids is 2. The highest BCUT2D eigenvalue weighted by molar-refractivity contribution is 8.76. The molecular weight excluding hydrogens is 1840 g/mol. The molecule has 5 aliphatic heterocycles. The van der Waals surface area contributed by atoms with Crippen molar-refractivity contribution < 1.29 is 158 Å². The number of nitrogens with two attached hydrogens (primary N) is 1. The van der Waals surface area contributed by atoms with Gasteiger partial charge in [0.1, 0.15) is 79.9 Å². The number of hydrogen-bond acceptors (Lipinski definition) is 36. The zero-order valence-corrected chi connectivity index (χ0v) is 79.4. The summed E-state index contributed by atoms with van der Waals surface area (Å²) in [6.07, 6.45) is -16.8. The smallest absolute Gasteiger partial charge is 0.426 e. The van der Waals surface area contributed by atoms with E-state index < -0.39 is 280 Å². The zero-order chi connectivity index (χ0) is 102. The number of anilines is 1. The van der Waals surface area contributed by atoms with Gasteiger partial charge in [-0.25, -0.2) is 10.2 Å². The molecule has 6 heterocycles. The van der Waals surface area contributed by atoms with Crippen LogP contribution >= 0.6 is 21.6 Å². The van der Waals surface area contributed by atoms with Gasteiger partial charge in [-0.3, -0.25) is 63.2 Å². The van der Waals surface area contributed by atoms with Crippen LogP contribution in [0.5, 0.6) is 5.75 Å². The number of Topliss-reactive ketones (excluding diaryl/α,β-unsaturated/α-hetero) is 2. The summed E-state index contributed by atoms with van der Waals surface area (Å²) in [5, 5.41) is 183. The number of carboxylic acids is 2. The SMILES string of the molecule is C=O.CC[C@]1(O)C[C@H]2CN(CCc3c([nH]c4ccccc34)[C@@](C)(c3cc4c(cc3OC)N(C)[C@H]3[C@@](O)(C(=O)NNC(=O)OCCSSC[C@@H](O)NC(=O)[C@@H](CCC(=O)NC[C@H](O)[C@@H](O)[C@H](O)[C@H](O)CO)NC(=O)[C@@H](CCC(=O)O)CC(=O)[C@@H](CCC(=O)NC[C@H](O)[C@@H](O)[C@H](O)[C@H](O)CO)NC(=O)[C@@H](CCC(=O)O)CC(=O)CCCCCCCN)[C@H](O)[C@]5(CC)C=CCN6CC[C@]43[C@@H]65)C2)C1.O=C=O. The van der Waals surface area contributed by atoms with Crippen molar-refractivity contribution in [2.24, 2.45) is 28.9 Å². The molecule has 46 heteroatoms. The fraction of sp³-hybridized carbons (Fsp3) is 0.681. The minimum Gasteiger partial charge on any atom is -0.496 e. The number of para-hydroxylation sites is 1. The van der Waals surface area contributed by atoms with E-state index in [-0.39, 0.29) is 36.6 Å². The minimum atomic E-state index is -2.65. The van der Waals surface area contributed by atoms with Crippen LogP contribution in [0.25, 0.3) is 10.9 Å². The van der Waals surface area contributed by atoms with E-state index in [0.717, 1.165) is 81.7 Å². The van der Waals surface area contributed by atoms with E-state index in [1.807, 2.05) is 55.9 Å². The van der Waals surface area contributed by atoms with E-state index in [2.05, 4.69) is 77.3 Å². The van der Waals surface area contributed by atoms with Crippen molar-refractivity contribution in [1.82, 2.24) is 52.2 Å². The Bertz CT molecular complexity index is 4630. The molecule has 1 spiro atoms. The molecule has 766 valence electrons. The van der Waals surface area contributed by atoms with Crippen LogP contribution in [-0.2, 0) is 84.3 Å². The third-order valence-electron chi connectivity index (χ3n) is 27.4. The highest BCUT2D eigenvalue weighted by Gasteiger charge is 2.79. The summed E-state index contributed by atoms with van der Waals surface area (Å²) in [4.78, 5) is 186. The Morgan fingerprint density at radius 3 is 1.84 bits per heavy atom. The molecule has 3 fully saturated rings. The van der Waals surface area contributed by atoms with E-state index in [1.54, 1.807) is 14.2 Å². The highest BCUT2D eigenvalue weighted by atomic mass is 33.1. The maximum absolute atomic E-state index is 15.3. The fourth-order valence-corrected chi connectivity index (χ4v) is 22.3. The normalized spacial score (nSPS) is 25.1. The number of likely N-dealkylation sites (N-methyl/N-ethyl adjacent to an activating group) is 1. The second kappa shape index (κ2) is 53.4. The number of ketones is 2. The number of carbonyl (C=O) groups excluding carboxylic acids is 12. The predicted octanol–water partition coefficient (Wildman–Crippen LogP) is -3.29. The number of unbranched alkanes of at least 4 members (excludes halogenated alkanes) is 4. The summed E-state index contributed by atoms with van der Waals surface area (Å²) in [5.74, 6) is -13.7. The number of hydrazine groups is 1. The lowest BCUT2D eigenvalue weighted by atomic mass is 9.47. The standard InChI is InChI=1S/C89H136N12O29S2.CO2.CH2O/c1-6-86(127)41-49-40-85(3,76-54(27-32-100(44-49)48-86)53-17-12-13-18-57(53)93-76)56-38-55-60(39-66(56)129-5)99(4)81-88(55)29-33-101-31-15-28-87(7-2,80(88)101)82(124)89(81,128)83(125)97-98-84(126)130-34-35-131-132-47-69(112)96-79(123)59(22-24-68(111)92-43-63(107)73(118)75(120)65(109)46-103)95-78(122)51(20-26-71(115)116)37-61(105)58(21-23-67(110)91-42-62(106)72(117)74(119)64(108)45-102)94-77(121)50(19-25-70(113)114)36-52(104)16-11-9-8-10-14-30-90;2-1-3;1-2/h12-13,15,17-18,28,38-39,49-51,58-59,62-65,69,72-75,80-82,93,102-103,106-109,112,117-120,124,127-128H,6-11,14,16,19-27,29-37,40-48,90H2,1-5H3,(H,91,110)(H,92,111)(H,94,121)(H,95,122)(H,96,123)(H,97,125)(H,98,126)(H,113,114)(H,115,116);;1H2/t49-,50-,51-,58+,59+,62-,63-,64+,65+,69+,72+,73+,74+,75+,80-,81+,82+,85+,86-,87+,88+,89-;;/m0../s1. The summed E-state index contributed by atoms with van der Waals surface area (Å²) in [5.41, 5.74) is 9.23. The van der Waals surface area contributed by atoms with Crippen molar-refractivity contribution in [3.8, 4) is 5.75 Å². The molecule has 26 N–H and O–H groups in total. The van der Waals surface area contributed by atoms with Crippen molar-refractivity contribution in [2.45, 2.75) is 269 Å². The maximum atomic E-state index is 15.3. The third-order valence-corrected chi connectivity index (χ3v) is 29.8. The molecule has 23 atom stereocenters. The molecule has 1 unspecified atom stereocenters. The number of methoxy groups -OCH3 is 1. The number of hydrogen-bond donors (Lipinski definition) is 25. The van der Waals surface area contributed by atoms with Gasteiger partial charge in [-0.1, -0.05) is 85.0 Å². The summed E-state index contributed by atoms with van der Waals surface area (Å²) in [6.45, 7) is 7.84. The topological polar surface area (TPSA) is 717 Å². The first-order valence-corrected chi connectivity index (χ1v) is 48.6. The number of fused-ring (bicyclic) bond motifs is 6. The molecule has 2 bridgehead atoms. The van der Waals surface area contributed by atoms with Crippen LogP contribution in [0.3, 0.4) is 0 Å². The molecule has 1 aromatic heterocycles. The molecule has 7 amide bonds. The van der Waals surface area contributed by atoms with Crippen molar-refractivity contribution >= 4 is 116 Å². The zero-order valence-electron chi connectivity index (χ0n) is 77.8. The monoisotopic (exact) mass is 1970 g/mol. The summed E-state index contributed by atoms with van der Waals surface area (Å²) < 4.78 is 11.9. The first-order chi connectivity index (χ1) is 65.1. The van der Waals surface area contributed by atoms with Gasteiger partial charge >= 0.3 is 24.2 Å². The summed E-state index contributed by atoms with van der Waals surface area (Å²) >= 11 is 0. The van der Waals surface area contributed by atoms with Crippen LogP contribution in [0, 0.1) is 23.2 Å². The van der Waals surface area contributed by atoms with Crippen molar-refractivity contribution in [3.63, 3.8) is 0 Å². The second-order valence-corrected chi connectivity index (χ2v) is 39.0. The lowest BCUT2D eigenvalue weighted by Gasteiger charge is -2.63. The first kappa shape index (κ1) is 115. The van der Waals surface area contributed by atoms with E-state index in [0.29, 0.717) is 89.0 Å². The number of aliphatic hydroxyl groups excluding tert-OH is 12. The fourth-order valence-electron chi connectivity index (χ4n) is 20.5. The van der Waals surface area contributed by atoms with E-state index in [1.165, 1.54) is 5.56 Å². The molecule has 0 radical (unpaired) electrons. The number of benzene rings is 2. The number of ether oxygens (including phenoxy) is 2. The number of carbonyl (C=O) groups is 12. The van der Waals surface area contributed by atoms with Gasteiger partial charge in [0.2, 0.25) is 29.5 Å². The second-order valence-electron chi connectivity index (χ2n) is 36.4. The number of piperidine rings is 1. The lowest BCUT2D eigenvalue weighted by Crippen LogP contribution is -2.82. The predicted molar refractivity (Wildman–Crippen MR) is 494 cm³/mol. The van der Waals surface area contributed by atoms with Crippen LogP contribution < -0.4 is 52.8 Å². The van der Waals surface area contributed by atoms with E-state index in [4.69, 9.17) is 29.6 Å². The van der Waals surface area contributed by atoms with E-state index in [9.17, 15) is 130 Å². The Hall–Kier alpha value is -9.24. The molecule has 9 rings (SSSR count). The van der Waals surface area contributed by atoms with Crippen molar-refractivity contribution in [2.75, 3.05) is 103 Å². The summed E-state index contributed by atoms with van der Waals surface area (Å²) in [7, 11) is 5.35. The number of aliphatic hydroxyl groups is 14. The molecule has 1 saturated carbocycles. The molecule has 2 aromatic carbocycles. The number of rotatable bonds is 53. The van der Waals surface area contributed by atoms with Gasteiger partial charge in [-0.15, -0.1) is 0 Å². The van der Waals surface area contributed by atoms with Gasteiger partial charge in [0.15, 0.2) is 11.4 Å². The number of carboxylic acid groups (broad SMARTS) is 2. The Labute approximate surface area is 800 Å². The van der Waals surface area contributed by atoms with Crippen molar-refractivity contribution in [1.29, 1.82) is 0 Å². The quantitative estimate of drug-likeness (QED) is 0.00866. The summed E-state index contributed by atoms with van der Waals surface area (Å²) in [6, 6.07) is 7.16. The average Bonchev–Trinajstić information content (AvgIpc) is 1.49. The average molecular weight is 1980 g/mol. The number of aromatic nitrogens is 1. The molecule has 137 heavy (non-hydrogen) atoms. The Morgan fingerprint density at radius 2 is 1.26 bits per heavy atom. The maximum Gasteiger partial charge on any atom is 0.426 e. The van der Waals surface area contributed by atoms with Gasteiger partial charge in [0.25, 0.3) is 5.91 Å². The highest BCUT2D eigenvalue weighted by Crippen LogP contribution is 2.68. The molecule has 3 aromatic rings. The van der Waals surface area contributed by atoms with Crippen LogP contribution in [0.2, 0.25) is 0 Å². The molecular formula is C91H138N12O32S2. The molecule has 1 aliphatic carbocycles. The Morgan fingerprint density at radius 1 is 0.679 bits per heavy atom. The van der Waals surface area contributed by atoms with Crippen LogP contribution in [0.1, 0.15) is 178 Å². The van der Waals surface area contributed by atoms with Crippen LogP contribution in [0.15, 0.2) is 48.6 Å². The number of aromatic amines is 1. The van der Waals surface area contributed by atoms with Gasteiger partial charge in [-0.2, -0.15) is 9.59 Å².